The summed E-state index contributed by atoms with van der Waals surface area (Å²) in [5.74, 6) is 0.151. The molecule has 1 saturated carbocycles. The Balaban J connectivity index is 1.37. The summed E-state index contributed by atoms with van der Waals surface area (Å²) in [5.41, 5.74) is 1.01. The molecule has 2 saturated heterocycles. The smallest absolute Gasteiger partial charge is 0.228 e. The molecule has 3 heterocycles. The summed E-state index contributed by atoms with van der Waals surface area (Å²) in [5, 5.41) is 1.04. The van der Waals surface area contributed by atoms with Gasteiger partial charge < -0.3 is 9.80 Å². The topological polar surface area (TPSA) is 53.5 Å². The summed E-state index contributed by atoms with van der Waals surface area (Å²) < 4.78 is 1.17. The van der Waals surface area contributed by atoms with Gasteiger partial charge in [0.1, 0.15) is 5.01 Å². The third kappa shape index (κ3) is 2.63. The van der Waals surface area contributed by atoms with Crippen molar-refractivity contribution in [3.63, 3.8) is 0 Å². The van der Waals surface area contributed by atoms with Crippen LogP contribution in [-0.4, -0.2) is 45.7 Å². The molecule has 6 heteroatoms. The van der Waals surface area contributed by atoms with Crippen LogP contribution in [0.1, 0.15) is 43.2 Å². The lowest BCUT2D eigenvalue weighted by Crippen LogP contribution is -2.37. The number of nitrogens with zero attached hydrogens (tertiary/aromatic N) is 3. The van der Waals surface area contributed by atoms with Crippen LogP contribution < -0.4 is 0 Å². The van der Waals surface area contributed by atoms with Crippen LogP contribution in [0.15, 0.2) is 24.3 Å². The van der Waals surface area contributed by atoms with Crippen molar-refractivity contribution in [1.29, 1.82) is 0 Å². The second-order valence-electron chi connectivity index (χ2n) is 7.39. The van der Waals surface area contributed by atoms with Crippen molar-refractivity contribution in [3.05, 3.63) is 29.3 Å². The SMILES string of the molecule is O=C1C[C@H](C(=O)N2CCC[C@@H]2c2nc3ccccc3s2)CN1C1CC1. The van der Waals surface area contributed by atoms with Crippen LogP contribution in [0.3, 0.4) is 0 Å². The summed E-state index contributed by atoms with van der Waals surface area (Å²) in [6, 6.07) is 8.62. The lowest BCUT2D eigenvalue weighted by Gasteiger charge is -2.26. The number of benzene rings is 1. The Kier molecular flexibility index (Phi) is 3.55. The Labute approximate surface area is 150 Å². The van der Waals surface area contributed by atoms with Crippen molar-refractivity contribution in [2.24, 2.45) is 5.92 Å². The number of amides is 2. The van der Waals surface area contributed by atoms with Crippen LogP contribution in [0.2, 0.25) is 0 Å². The first kappa shape index (κ1) is 15.3. The number of likely N-dealkylation sites (tertiary alicyclic amines) is 2. The molecule has 1 aliphatic carbocycles. The third-order valence-electron chi connectivity index (χ3n) is 5.63. The Hall–Kier alpha value is -1.95. The van der Waals surface area contributed by atoms with Crippen LogP contribution in [-0.2, 0) is 9.59 Å². The molecule has 25 heavy (non-hydrogen) atoms. The molecule has 0 unspecified atom stereocenters. The molecule has 0 radical (unpaired) electrons. The van der Waals surface area contributed by atoms with Crippen LogP contribution in [0.5, 0.6) is 0 Å². The summed E-state index contributed by atoms with van der Waals surface area (Å²) in [6.07, 6.45) is 4.58. The molecular weight excluding hydrogens is 334 g/mol. The lowest BCUT2D eigenvalue weighted by molar-refractivity contribution is -0.136. The van der Waals surface area contributed by atoms with Gasteiger partial charge in [-0.25, -0.2) is 4.98 Å². The first-order valence-electron chi connectivity index (χ1n) is 9.16. The van der Waals surface area contributed by atoms with E-state index in [-0.39, 0.29) is 23.8 Å². The van der Waals surface area contributed by atoms with Crippen molar-refractivity contribution in [3.8, 4) is 0 Å². The molecule has 5 rings (SSSR count). The number of aromatic nitrogens is 1. The van der Waals surface area contributed by atoms with Gasteiger partial charge in [0, 0.05) is 25.6 Å². The number of fused-ring (bicyclic) bond motifs is 1. The van der Waals surface area contributed by atoms with E-state index in [9.17, 15) is 9.59 Å². The molecule has 3 aliphatic rings. The van der Waals surface area contributed by atoms with Gasteiger partial charge in [0.05, 0.1) is 22.2 Å². The number of carbonyl (C=O) groups is 2. The molecule has 3 fully saturated rings. The van der Waals surface area contributed by atoms with E-state index in [1.54, 1.807) is 11.3 Å². The molecule has 1 aromatic carbocycles. The molecule has 1 aromatic heterocycles. The molecule has 2 atom stereocenters. The summed E-state index contributed by atoms with van der Waals surface area (Å²) in [6.45, 7) is 1.40. The molecule has 2 amide bonds. The van der Waals surface area contributed by atoms with Crippen molar-refractivity contribution in [1.82, 2.24) is 14.8 Å². The Morgan fingerprint density at radius 3 is 2.84 bits per heavy atom. The second kappa shape index (κ2) is 5.80. The molecule has 0 spiro atoms. The lowest BCUT2D eigenvalue weighted by atomic mass is 10.1. The Bertz CT molecular complexity index is 811. The third-order valence-corrected chi connectivity index (χ3v) is 6.76. The normalized spacial score (nSPS) is 26.8. The highest BCUT2D eigenvalue weighted by molar-refractivity contribution is 7.18. The minimum Gasteiger partial charge on any atom is -0.339 e. The summed E-state index contributed by atoms with van der Waals surface area (Å²) >= 11 is 1.69. The van der Waals surface area contributed by atoms with Crippen LogP contribution in [0.25, 0.3) is 10.2 Å². The second-order valence-corrected chi connectivity index (χ2v) is 8.45. The van der Waals surface area contributed by atoms with E-state index >= 15 is 0 Å². The van der Waals surface area contributed by atoms with Gasteiger partial charge in [-0.05, 0) is 37.8 Å². The number of hydrogen-bond acceptors (Lipinski definition) is 4. The highest BCUT2D eigenvalue weighted by Gasteiger charge is 2.44. The maximum Gasteiger partial charge on any atom is 0.228 e. The van der Waals surface area contributed by atoms with E-state index in [0.717, 1.165) is 42.8 Å². The summed E-state index contributed by atoms with van der Waals surface area (Å²) in [4.78, 5) is 34.0. The van der Waals surface area contributed by atoms with E-state index in [1.807, 2.05) is 28.0 Å². The first-order valence-corrected chi connectivity index (χ1v) is 9.98. The largest absolute Gasteiger partial charge is 0.339 e. The number of para-hydroxylation sites is 1. The number of thiazole rings is 1. The highest BCUT2D eigenvalue weighted by Crippen LogP contribution is 2.39. The number of carbonyl (C=O) groups excluding carboxylic acids is 2. The zero-order valence-electron chi connectivity index (χ0n) is 14.1. The molecule has 0 N–H and O–H groups in total. The van der Waals surface area contributed by atoms with Gasteiger partial charge in [-0.3, -0.25) is 9.59 Å². The molecular formula is C19H21N3O2S. The maximum absolute atomic E-state index is 13.1. The van der Waals surface area contributed by atoms with Crippen molar-refractivity contribution < 1.29 is 9.59 Å². The average Bonchev–Trinajstić information content (AvgIpc) is 3.05. The van der Waals surface area contributed by atoms with Crippen LogP contribution in [0, 0.1) is 5.92 Å². The van der Waals surface area contributed by atoms with Gasteiger partial charge in [0.2, 0.25) is 11.8 Å². The fourth-order valence-corrected chi connectivity index (χ4v) is 5.31. The fraction of sp³-hybridized carbons (Fsp3) is 0.526. The first-order chi connectivity index (χ1) is 12.2. The zero-order chi connectivity index (χ0) is 17.0. The number of rotatable bonds is 3. The van der Waals surface area contributed by atoms with E-state index in [2.05, 4.69) is 6.07 Å². The van der Waals surface area contributed by atoms with Gasteiger partial charge >= 0.3 is 0 Å². The van der Waals surface area contributed by atoms with Gasteiger partial charge in [0.15, 0.2) is 0 Å². The van der Waals surface area contributed by atoms with Gasteiger partial charge in [-0.15, -0.1) is 11.3 Å². The van der Waals surface area contributed by atoms with Crippen molar-refractivity contribution in [2.45, 2.75) is 44.2 Å². The molecule has 2 aromatic rings. The van der Waals surface area contributed by atoms with Gasteiger partial charge in [-0.1, -0.05) is 12.1 Å². The van der Waals surface area contributed by atoms with Gasteiger partial charge in [-0.2, -0.15) is 0 Å². The van der Waals surface area contributed by atoms with E-state index in [0.29, 0.717) is 19.0 Å². The quantitative estimate of drug-likeness (QED) is 0.850. The van der Waals surface area contributed by atoms with E-state index in [4.69, 9.17) is 4.98 Å². The minimum absolute atomic E-state index is 0.0787. The summed E-state index contributed by atoms with van der Waals surface area (Å²) in [7, 11) is 0. The monoisotopic (exact) mass is 355 g/mol. The molecule has 2 aliphatic heterocycles. The van der Waals surface area contributed by atoms with E-state index in [1.165, 1.54) is 4.70 Å². The van der Waals surface area contributed by atoms with Crippen molar-refractivity contribution in [2.75, 3.05) is 13.1 Å². The maximum atomic E-state index is 13.1. The minimum atomic E-state index is -0.164. The Morgan fingerprint density at radius 1 is 1.20 bits per heavy atom. The highest BCUT2D eigenvalue weighted by atomic mass is 32.1. The Morgan fingerprint density at radius 2 is 2.04 bits per heavy atom. The van der Waals surface area contributed by atoms with Crippen LogP contribution >= 0.6 is 11.3 Å². The van der Waals surface area contributed by atoms with Gasteiger partial charge in [0.25, 0.3) is 0 Å². The zero-order valence-corrected chi connectivity index (χ0v) is 14.9. The fourth-order valence-electron chi connectivity index (χ4n) is 4.19. The molecule has 0 bridgehead atoms. The average molecular weight is 355 g/mol. The molecule has 5 nitrogen and oxygen atoms in total. The predicted octanol–water partition coefficient (Wildman–Crippen LogP) is 2.97. The predicted molar refractivity (Wildman–Crippen MR) is 96.2 cm³/mol. The van der Waals surface area contributed by atoms with Crippen LogP contribution in [0.4, 0.5) is 0 Å². The standard InChI is InChI=1S/C19H21N3O2S/c23-17-10-12(11-22(17)13-7-8-13)19(24)21-9-3-5-15(21)18-20-14-4-1-2-6-16(14)25-18/h1-2,4,6,12-13,15H,3,5,7-11H2/t12-,15+/m0/s1. The van der Waals surface area contributed by atoms with Crippen molar-refractivity contribution >= 4 is 33.4 Å². The number of hydrogen-bond donors (Lipinski definition) is 0. The van der Waals surface area contributed by atoms with E-state index < -0.39 is 0 Å². The molecule has 130 valence electrons.